The number of benzene rings is 4. The van der Waals surface area contributed by atoms with Gasteiger partial charge in [0.1, 0.15) is 36.5 Å². The lowest BCUT2D eigenvalue weighted by Gasteiger charge is -2.16. The van der Waals surface area contributed by atoms with Crippen molar-refractivity contribution < 1.29 is 23.7 Å². The number of rotatable bonds is 14. The molecule has 0 aliphatic rings. The molecule has 1 heterocycles. The summed E-state index contributed by atoms with van der Waals surface area (Å²) < 4.78 is 24.0. The topological polar surface area (TPSA) is 116 Å². The summed E-state index contributed by atoms with van der Waals surface area (Å²) in [6.45, 7) is 2.98. The van der Waals surface area contributed by atoms with Crippen LogP contribution in [0.25, 0.3) is 6.08 Å². The predicted molar refractivity (Wildman–Crippen MR) is 177 cm³/mol. The summed E-state index contributed by atoms with van der Waals surface area (Å²) in [5.74, 6) is 1.62. The van der Waals surface area contributed by atoms with Crippen LogP contribution < -0.4 is 24.3 Å². The molecule has 1 aromatic heterocycles. The summed E-state index contributed by atoms with van der Waals surface area (Å²) >= 11 is 1.27. The molecule has 0 fully saturated rings. The Hall–Kier alpha value is -5.66. The van der Waals surface area contributed by atoms with Gasteiger partial charge in [-0.3, -0.25) is 10.1 Å². The van der Waals surface area contributed by atoms with Crippen molar-refractivity contribution in [2.75, 3.05) is 12.4 Å². The summed E-state index contributed by atoms with van der Waals surface area (Å²) in [6, 6.07) is 32.7. The molecule has 5 rings (SSSR count). The monoisotopic (exact) mass is 632 g/mol. The molecule has 232 valence electrons. The van der Waals surface area contributed by atoms with Crippen molar-refractivity contribution >= 4 is 28.5 Å². The summed E-state index contributed by atoms with van der Waals surface area (Å²) in [4.78, 5) is 12.7. The van der Waals surface area contributed by atoms with E-state index in [1.54, 1.807) is 18.2 Å². The van der Waals surface area contributed by atoms with E-state index in [0.717, 1.165) is 21.7 Å². The van der Waals surface area contributed by atoms with Crippen LogP contribution in [0.3, 0.4) is 0 Å². The molecule has 0 atom stereocenters. The number of hydrogen-bond donors (Lipinski definition) is 1. The van der Waals surface area contributed by atoms with Gasteiger partial charge < -0.3 is 18.9 Å². The van der Waals surface area contributed by atoms with E-state index in [9.17, 15) is 10.1 Å². The third-order valence-electron chi connectivity index (χ3n) is 6.73. The second-order valence-electron chi connectivity index (χ2n) is 10.0. The van der Waals surface area contributed by atoms with Gasteiger partial charge >= 0.3 is 0 Å². The molecule has 0 aliphatic carbocycles. The van der Waals surface area contributed by atoms with Crippen LogP contribution in [0.5, 0.6) is 23.0 Å². The van der Waals surface area contributed by atoms with E-state index in [4.69, 9.17) is 18.9 Å². The fourth-order valence-corrected chi connectivity index (χ4v) is 5.00. The fourth-order valence-electron chi connectivity index (χ4n) is 4.33. The molecule has 1 amide bonds. The molecule has 10 heteroatoms. The zero-order chi connectivity index (χ0) is 32.1. The van der Waals surface area contributed by atoms with Crippen LogP contribution in [-0.4, -0.2) is 23.2 Å². The number of anilines is 1. The summed E-state index contributed by atoms with van der Waals surface area (Å²) in [5.41, 5.74) is 3.48. The van der Waals surface area contributed by atoms with Crippen molar-refractivity contribution in [1.82, 2.24) is 10.2 Å². The van der Waals surface area contributed by atoms with Crippen molar-refractivity contribution in [3.05, 3.63) is 130 Å². The lowest BCUT2D eigenvalue weighted by atomic mass is 10.1. The maximum Gasteiger partial charge on any atom is 0.268 e. The van der Waals surface area contributed by atoms with E-state index in [-0.39, 0.29) is 12.2 Å². The predicted octanol–water partition coefficient (Wildman–Crippen LogP) is 7.39. The number of methoxy groups -OCH3 is 1. The van der Waals surface area contributed by atoms with Crippen LogP contribution in [0.2, 0.25) is 0 Å². The van der Waals surface area contributed by atoms with Gasteiger partial charge in [0.15, 0.2) is 23.0 Å². The van der Waals surface area contributed by atoms with Gasteiger partial charge in [0.2, 0.25) is 5.13 Å². The second kappa shape index (κ2) is 15.9. The number of carbonyl (C=O) groups is 1. The highest BCUT2D eigenvalue weighted by molar-refractivity contribution is 7.15. The first kappa shape index (κ1) is 31.8. The third kappa shape index (κ3) is 8.71. The van der Waals surface area contributed by atoms with Crippen LogP contribution in [0.1, 0.15) is 34.2 Å². The van der Waals surface area contributed by atoms with Gasteiger partial charge in [-0.15, -0.1) is 10.2 Å². The van der Waals surface area contributed by atoms with E-state index in [0.29, 0.717) is 53.3 Å². The normalized spacial score (nSPS) is 10.9. The Bertz CT molecular complexity index is 1830. The maximum atomic E-state index is 12.7. The Morgan fingerprint density at radius 2 is 1.39 bits per heavy atom. The van der Waals surface area contributed by atoms with Gasteiger partial charge in [-0.05, 0) is 59.0 Å². The zero-order valence-corrected chi connectivity index (χ0v) is 26.3. The summed E-state index contributed by atoms with van der Waals surface area (Å²) in [6.07, 6.45) is 2.19. The highest BCUT2D eigenvalue weighted by Gasteiger charge is 2.14. The largest absolute Gasteiger partial charge is 0.493 e. The number of nitriles is 1. The van der Waals surface area contributed by atoms with Gasteiger partial charge in [-0.1, -0.05) is 91.1 Å². The lowest BCUT2D eigenvalue weighted by Crippen LogP contribution is -2.13. The SMILES string of the molecule is CCc1nnc(NC(=O)C(C#N)=Cc2ccc(OCc3ccc(OCc4ccccc4)c(OCc4ccccc4)c3)c(OC)c2)s1. The number of aryl methyl sites for hydroxylation is 1. The van der Waals surface area contributed by atoms with Crippen LogP contribution in [0, 0.1) is 11.3 Å². The molecule has 4 aromatic carbocycles. The summed E-state index contributed by atoms with van der Waals surface area (Å²) in [5, 5.41) is 21.3. The van der Waals surface area contributed by atoms with Crippen LogP contribution in [0.15, 0.2) is 103 Å². The van der Waals surface area contributed by atoms with Gasteiger partial charge in [0.05, 0.1) is 7.11 Å². The lowest BCUT2D eigenvalue weighted by molar-refractivity contribution is -0.112. The molecule has 5 aromatic rings. The van der Waals surface area contributed by atoms with Crippen LogP contribution in [0.4, 0.5) is 5.13 Å². The second-order valence-corrected chi connectivity index (χ2v) is 11.1. The van der Waals surface area contributed by atoms with Gasteiger partial charge in [0.25, 0.3) is 5.91 Å². The van der Waals surface area contributed by atoms with Gasteiger partial charge in [-0.2, -0.15) is 5.26 Å². The molecule has 0 saturated heterocycles. The Morgan fingerprint density at radius 1 is 0.783 bits per heavy atom. The van der Waals surface area contributed by atoms with E-state index in [1.165, 1.54) is 24.5 Å². The Morgan fingerprint density at radius 3 is 2.00 bits per heavy atom. The number of nitrogens with one attached hydrogen (secondary N) is 1. The van der Waals surface area contributed by atoms with Gasteiger partial charge in [0, 0.05) is 0 Å². The number of ether oxygens (including phenoxy) is 4. The van der Waals surface area contributed by atoms with Crippen molar-refractivity contribution in [2.45, 2.75) is 33.2 Å². The first-order valence-electron chi connectivity index (χ1n) is 14.6. The Kier molecular flexibility index (Phi) is 11.0. The minimum Gasteiger partial charge on any atom is -0.493 e. The van der Waals surface area contributed by atoms with E-state index in [1.807, 2.05) is 91.9 Å². The molecule has 0 saturated carbocycles. The zero-order valence-electron chi connectivity index (χ0n) is 25.4. The first-order chi connectivity index (χ1) is 22.5. The van der Waals surface area contributed by atoms with E-state index < -0.39 is 5.91 Å². The maximum absolute atomic E-state index is 12.7. The molecule has 0 radical (unpaired) electrons. The van der Waals surface area contributed by atoms with Gasteiger partial charge in [-0.25, -0.2) is 0 Å². The smallest absolute Gasteiger partial charge is 0.268 e. The molecule has 46 heavy (non-hydrogen) atoms. The fraction of sp³-hybridized carbons (Fsp3) is 0.167. The van der Waals surface area contributed by atoms with Crippen molar-refractivity contribution in [3.8, 4) is 29.1 Å². The van der Waals surface area contributed by atoms with Crippen LogP contribution >= 0.6 is 11.3 Å². The molecular formula is C36H32N4O5S. The number of amides is 1. The Balaban J connectivity index is 1.28. The van der Waals surface area contributed by atoms with Crippen molar-refractivity contribution in [3.63, 3.8) is 0 Å². The number of aromatic nitrogens is 2. The molecule has 0 aliphatic heterocycles. The average Bonchev–Trinajstić information content (AvgIpc) is 3.56. The minimum atomic E-state index is -0.568. The van der Waals surface area contributed by atoms with Crippen molar-refractivity contribution in [1.29, 1.82) is 5.26 Å². The summed E-state index contributed by atoms with van der Waals surface area (Å²) in [7, 11) is 1.53. The number of carbonyl (C=O) groups excluding carboxylic acids is 1. The van der Waals surface area contributed by atoms with E-state index >= 15 is 0 Å². The molecular weight excluding hydrogens is 600 g/mol. The highest BCUT2D eigenvalue weighted by Crippen LogP contribution is 2.33. The third-order valence-corrected chi connectivity index (χ3v) is 7.71. The minimum absolute atomic E-state index is 0.0819. The van der Waals surface area contributed by atoms with Crippen molar-refractivity contribution in [2.24, 2.45) is 0 Å². The number of hydrogen-bond acceptors (Lipinski definition) is 9. The molecule has 1 N–H and O–H groups in total. The Labute approximate surface area is 271 Å². The van der Waals surface area contributed by atoms with E-state index in [2.05, 4.69) is 15.5 Å². The molecule has 9 nitrogen and oxygen atoms in total. The average molecular weight is 633 g/mol. The molecule has 0 unspecified atom stereocenters. The molecule has 0 bridgehead atoms. The standard InChI is InChI=1S/C36H32N4O5S/c1-3-34-39-40-36(46-34)38-35(41)29(21-37)18-27-14-16-30(32(19-27)42-2)44-24-28-15-17-31(43-22-25-10-6-4-7-11-25)33(20-28)45-23-26-12-8-5-9-13-26/h4-20H,3,22-24H2,1-2H3,(H,38,40,41). The number of nitrogens with zero attached hydrogens (tertiary/aromatic N) is 3. The highest BCUT2D eigenvalue weighted by atomic mass is 32.1. The quantitative estimate of drug-likeness (QED) is 0.0995. The van der Waals surface area contributed by atoms with Crippen LogP contribution in [-0.2, 0) is 31.0 Å². The molecule has 0 spiro atoms. The first-order valence-corrected chi connectivity index (χ1v) is 15.4.